The maximum Gasteiger partial charge on any atom is 0.167 e. The van der Waals surface area contributed by atoms with Crippen molar-refractivity contribution in [2.24, 2.45) is 5.90 Å². The first-order valence-corrected chi connectivity index (χ1v) is 2.84. The van der Waals surface area contributed by atoms with Crippen LogP contribution in [0.15, 0.2) is 18.2 Å². The van der Waals surface area contributed by atoms with Crippen molar-refractivity contribution < 1.29 is 9.23 Å². The highest BCUT2D eigenvalue weighted by Crippen LogP contribution is 2.16. The zero-order chi connectivity index (χ0) is 8.27. The van der Waals surface area contributed by atoms with E-state index < -0.39 is 5.82 Å². The van der Waals surface area contributed by atoms with E-state index in [1.54, 1.807) is 6.07 Å². The third-order valence-electron chi connectivity index (χ3n) is 1.19. The summed E-state index contributed by atoms with van der Waals surface area (Å²) in [6.45, 7) is 0. The zero-order valence-corrected chi connectivity index (χ0v) is 5.54. The van der Waals surface area contributed by atoms with Gasteiger partial charge in [0.05, 0.1) is 5.56 Å². The fourth-order valence-electron chi connectivity index (χ4n) is 0.686. The lowest BCUT2D eigenvalue weighted by molar-refractivity contribution is 0.331. The van der Waals surface area contributed by atoms with E-state index in [2.05, 4.69) is 4.84 Å². The molecule has 0 spiro atoms. The molecule has 0 radical (unpaired) electrons. The average molecular weight is 152 g/mol. The predicted molar refractivity (Wildman–Crippen MR) is 35.9 cm³/mol. The molecule has 4 heteroatoms. The second-order valence-electron chi connectivity index (χ2n) is 1.87. The number of hydrogen-bond acceptors (Lipinski definition) is 3. The number of benzene rings is 1. The Morgan fingerprint density at radius 1 is 1.55 bits per heavy atom. The van der Waals surface area contributed by atoms with E-state index in [0.29, 0.717) is 0 Å². The maximum atomic E-state index is 12.4. The Morgan fingerprint density at radius 3 is 2.82 bits per heavy atom. The molecule has 56 valence electrons. The summed E-state index contributed by atoms with van der Waals surface area (Å²) in [5.41, 5.74) is 0.217. The van der Waals surface area contributed by atoms with Gasteiger partial charge in [-0.1, -0.05) is 0 Å². The zero-order valence-electron chi connectivity index (χ0n) is 5.54. The van der Waals surface area contributed by atoms with Crippen LogP contribution in [0.4, 0.5) is 4.39 Å². The Balaban J connectivity index is 3.19. The summed E-state index contributed by atoms with van der Waals surface area (Å²) in [5.74, 6) is 4.34. The number of halogens is 1. The van der Waals surface area contributed by atoms with E-state index in [1.807, 2.05) is 0 Å². The lowest BCUT2D eigenvalue weighted by Gasteiger charge is -1.99. The van der Waals surface area contributed by atoms with Crippen molar-refractivity contribution in [3.05, 3.63) is 29.6 Å². The molecular formula is C7H5FN2O. The highest BCUT2D eigenvalue weighted by molar-refractivity contribution is 5.42. The van der Waals surface area contributed by atoms with E-state index in [-0.39, 0.29) is 11.3 Å². The van der Waals surface area contributed by atoms with Crippen molar-refractivity contribution in [2.45, 2.75) is 0 Å². The van der Waals surface area contributed by atoms with Gasteiger partial charge in [-0.05, 0) is 12.1 Å². The van der Waals surface area contributed by atoms with Crippen molar-refractivity contribution in [2.75, 3.05) is 0 Å². The van der Waals surface area contributed by atoms with Crippen LogP contribution in [0, 0.1) is 17.1 Å². The standard InChI is InChI=1S/C7H5FN2O/c8-6-2-1-5(4-9)7(3-6)11-10/h1-3H,10H2. The number of nitrogens with two attached hydrogens (primary N) is 1. The minimum Gasteiger partial charge on any atom is -0.410 e. The first-order valence-electron chi connectivity index (χ1n) is 2.84. The van der Waals surface area contributed by atoms with E-state index >= 15 is 0 Å². The quantitative estimate of drug-likeness (QED) is 0.609. The summed E-state index contributed by atoms with van der Waals surface area (Å²) in [6.07, 6.45) is 0. The van der Waals surface area contributed by atoms with Crippen LogP contribution in [-0.2, 0) is 0 Å². The lowest BCUT2D eigenvalue weighted by atomic mass is 10.2. The smallest absolute Gasteiger partial charge is 0.167 e. The molecule has 0 aliphatic heterocycles. The molecule has 0 bridgehead atoms. The second-order valence-corrected chi connectivity index (χ2v) is 1.87. The average Bonchev–Trinajstić information content (AvgIpc) is 2.04. The molecule has 0 unspecified atom stereocenters. The molecule has 0 heterocycles. The van der Waals surface area contributed by atoms with Gasteiger partial charge in [0.15, 0.2) is 5.75 Å². The van der Waals surface area contributed by atoms with Gasteiger partial charge < -0.3 is 4.84 Å². The van der Waals surface area contributed by atoms with E-state index in [4.69, 9.17) is 11.2 Å². The van der Waals surface area contributed by atoms with Crippen LogP contribution in [0.5, 0.6) is 5.75 Å². The van der Waals surface area contributed by atoms with E-state index in [9.17, 15) is 4.39 Å². The molecule has 0 fully saturated rings. The first-order chi connectivity index (χ1) is 5.27. The Hall–Kier alpha value is -1.60. The largest absolute Gasteiger partial charge is 0.410 e. The van der Waals surface area contributed by atoms with Gasteiger partial charge in [0.2, 0.25) is 0 Å². The topological polar surface area (TPSA) is 59.0 Å². The number of rotatable bonds is 1. The minimum atomic E-state index is -0.482. The molecule has 0 aliphatic carbocycles. The van der Waals surface area contributed by atoms with Gasteiger partial charge in [0.25, 0.3) is 0 Å². The molecule has 2 N–H and O–H groups in total. The van der Waals surface area contributed by atoms with Crippen LogP contribution >= 0.6 is 0 Å². The van der Waals surface area contributed by atoms with Crippen molar-refractivity contribution >= 4 is 0 Å². The van der Waals surface area contributed by atoms with E-state index in [1.165, 1.54) is 12.1 Å². The molecule has 1 rings (SSSR count). The molecule has 0 saturated carbocycles. The highest BCUT2D eigenvalue weighted by Gasteiger charge is 2.02. The van der Waals surface area contributed by atoms with Crippen molar-refractivity contribution in [1.82, 2.24) is 0 Å². The lowest BCUT2D eigenvalue weighted by Crippen LogP contribution is -2.03. The molecule has 0 aromatic heterocycles. The third kappa shape index (κ3) is 1.45. The van der Waals surface area contributed by atoms with Crippen LogP contribution in [-0.4, -0.2) is 0 Å². The molecule has 0 amide bonds. The first kappa shape index (κ1) is 7.51. The molecule has 11 heavy (non-hydrogen) atoms. The molecule has 1 aromatic rings. The van der Waals surface area contributed by atoms with Crippen LogP contribution in [0.1, 0.15) is 5.56 Å². The second kappa shape index (κ2) is 2.99. The molecule has 3 nitrogen and oxygen atoms in total. The molecule has 0 aliphatic rings. The van der Waals surface area contributed by atoms with Crippen LogP contribution in [0.25, 0.3) is 0 Å². The minimum absolute atomic E-state index is 0.0486. The normalized spacial score (nSPS) is 8.82. The Labute approximate surface area is 62.8 Å². The van der Waals surface area contributed by atoms with Crippen LogP contribution in [0.3, 0.4) is 0 Å². The predicted octanol–water partition coefficient (Wildman–Crippen LogP) is 0.950. The van der Waals surface area contributed by atoms with Gasteiger partial charge in [-0.3, -0.25) is 0 Å². The van der Waals surface area contributed by atoms with Gasteiger partial charge in [-0.2, -0.15) is 11.2 Å². The SMILES string of the molecule is N#Cc1ccc(F)cc1ON. The van der Waals surface area contributed by atoms with E-state index in [0.717, 1.165) is 6.07 Å². The summed E-state index contributed by atoms with van der Waals surface area (Å²) < 4.78 is 12.4. The monoisotopic (exact) mass is 152 g/mol. The fourth-order valence-corrected chi connectivity index (χ4v) is 0.686. The summed E-state index contributed by atoms with van der Waals surface area (Å²) in [6, 6.07) is 5.33. The van der Waals surface area contributed by atoms with Crippen LogP contribution in [0.2, 0.25) is 0 Å². The van der Waals surface area contributed by atoms with Crippen molar-refractivity contribution in [1.29, 1.82) is 5.26 Å². The van der Waals surface area contributed by atoms with Crippen molar-refractivity contribution in [3.8, 4) is 11.8 Å². The molecule has 1 aromatic carbocycles. The number of nitriles is 1. The van der Waals surface area contributed by atoms with Gasteiger partial charge in [0.1, 0.15) is 11.9 Å². The van der Waals surface area contributed by atoms with Crippen LogP contribution < -0.4 is 10.7 Å². The Bertz CT molecular complexity index is 306. The van der Waals surface area contributed by atoms with Gasteiger partial charge in [0, 0.05) is 6.07 Å². The fraction of sp³-hybridized carbons (Fsp3) is 0. The summed E-state index contributed by atoms with van der Waals surface area (Å²) >= 11 is 0. The van der Waals surface area contributed by atoms with Gasteiger partial charge in [-0.15, -0.1) is 0 Å². The number of nitrogens with zero attached hydrogens (tertiary/aromatic N) is 1. The third-order valence-corrected chi connectivity index (χ3v) is 1.19. The maximum absolute atomic E-state index is 12.4. The van der Waals surface area contributed by atoms with Crippen molar-refractivity contribution in [3.63, 3.8) is 0 Å². The summed E-state index contributed by atoms with van der Waals surface area (Å²) in [4.78, 5) is 4.25. The Kier molecular flexibility index (Phi) is 2.04. The molecular weight excluding hydrogens is 147 g/mol. The number of hydrogen-bond donors (Lipinski definition) is 1. The summed E-state index contributed by atoms with van der Waals surface area (Å²) in [7, 11) is 0. The molecule has 0 atom stereocenters. The molecule has 0 saturated heterocycles. The summed E-state index contributed by atoms with van der Waals surface area (Å²) in [5, 5.41) is 8.43. The highest BCUT2D eigenvalue weighted by atomic mass is 19.1. The Morgan fingerprint density at radius 2 is 2.27 bits per heavy atom. The van der Waals surface area contributed by atoms with Gasteiger partial charge >= 0.3 is 0 Å². The van der Waals surface area contributed by atoms with Gasteiger partial charge in [-0.25, -0.2) is 4.39 Å².